The zero-order chi connectivity index (χ0) is 12.1. The molecule has 1 unspecified atom stereocenters. The Hall–Kier alpha value is -0.120. The standard InChI is InChI=1S/C13H30N2O/c1-3-4-5-6-7-8-9-14-10-11-15-13(2)12-16/h13-16H,3-12H2,1-2H3. The van der Waals surface area contributed by atoms with Crippen molar-refractivity contribution >= 4 is 0 Å². The monoisotopic (exact) mass is 230 g/mol. The Labute approximate surface area is 101 Å². The third-order valence-electron chi connectivity index (χ3n) is 2.78. The number of aliphatic hydroxyl groups is 1. The van der Waals surface area contributed by atoms with Crippen LogP contribution < -0.4 is 10.6 Å². The molecule has 0 amide bonds. The molecule has 0 aliphatic rings. The molecule has 16 heavy (non-hydrogen) atoms. The van der Waals surface area contributed by atoms with Crippen molar-refractivity contribution in [2.45, 2.75) is 58.4 Å². The van der Waals surface area contributed by atoms with E-state index < -0.39 is 0 Å². The molecule has 3 nitrogen and oxygen atoms in total. The van der Waals surface area contributed by atoms with Gasteiger partial charge in [0.15, 0.2) is 0 Å². The second kappa shape index (κ2) is 12.9. The van der Waals surface area contributed by atoms with Crippen LogP contribution >= 0.6 is 0 Å². The summed E-state index contributed by atoms with van der Waals surface area (Å²) in [6.45, 7) is 7.53. The molecule has 0 bridgehead atoms. The van der Waals surface area contributed by atoms with E-state index in [9.17, 15) is 0 Å². The fourth-order valence-corrected chi connectivity index (χ4v) is 1.63. The first-order valence-corrected chi connectivity index (χ1v) is 6.86. The zero-order valence-electron chi connectivity index (χ0n) is 11.1. The van der Waals surface area contributed by atoms with Gasteiger partial charge >= 0.3 is 0 Å². The highest BCUT2D eigenvalue weighted by Gasteiger charge is 1.96. The molecule has 1 atom stereocenters. The van der Waals surface area contributed by atoms with Gasteiger partial charge in [-0.05, 0) is 19.9 Å². The van der Waals surface area contributed by atoms with Crippen LogP contribution in [0.2, 0.25) is 0 Å². The van der Waals surface area contributed by atoms with Crippen molar-refractivity contribution in [3.8, 4) is 0 Å². The summed E-state index contributed by atoms with van der Waals surface area (Å²) in [6.07, 6.45) is 8.14. The maximum absolute atomic E-state index is 8.80. The van der Waals surface area contributed by atoms with Crippen LogP contribution in [0, 0.1) is 0 Å². The number of hydrogen-bond acceptors (Lipinski definition) is 3. The van der Waals surface area contributed by atoms with Gasteiger partial charge in [0.25, 0.3) is 0 Å². The molecule has 0 fully saturated rings. The third kappa shape index (κ3) is 12.0. The van der Waals surface area contributed by atoms with Crippen LogP contribution in [0.25, 0.3) is 0 Å². The van der Waals surface area contributed by atoms with Crippen LogP contribution in [0.15, 0.2) is 0 Å². The lowest BCUT2D eigenvalue weighted by Crippen LogP contribution is -2.35. The Morgan fingerprint density at radius 1 is 0.938 bits per heavy atom. The molecule has 0 radical (unpaired) electrons. The molecule has 0 aliphatic carbocycles. The number of rotatable bonds is 12. The van der Waals surface area contributed by atoms with Gasteiger partial charge in [-0.1, -0.05) is 39.0 Å². The molecule has 0 aromatic carbocycles. The number of hydrogen-bond donors (Lipinski definition) is 3. The molecule has 0 saturated heterocycles. The summed E-state index contributed by atoms with van der Waals surface area (Å²) in [5.74, 6) is 0. The molecule has 3 N–H and O–H groups in total. The van der Waals surface area contributed by atoms with Gasteiger partial charge in [-0.2, -0.15) is 0 Å². The minimum absolute atomic E-state index is 0.218. The summed E-state index contributed by atoms with van der Waals surface area (Å²) >= 11 is 0. The van der Waals surface area contributed by atoms with Gasteiger partial charge < -0.3 is 15.7 Å². The predicted molar refractivity (Wildman–Crippen MR) is 70.8 cm³/mol. The van der Waals surface area contributed by atoms with Crippen molar-refractivity contribution in [2.75, 3.05) is 26.2 Å². The first-order chi connectivity index (χ1) is 7.81. The molecule has 0 saturated carbocycles. The van der Waals surface area contributed by atoms with Crippen LogP contribution in [0.4, 0.5) is 0 Å². The molecule has 0 heterocycles. The van der Waals surface area contributed by atoms with Crippen molar-refractivity contribution in [2.24, 2.45) is 0 Å². The smallest absolute Gasteiger partial charge is 0.0581 e. The number of nitrogens with one attached hydrogen (secondary N) is 2. The Morgan fingerprint density at radius 3 is 2.31 bits per heavy atom. The zero-order valence-corrected chi connectivity index (χ0v) is 11.1. The second-order valence-electron chi connectivity index (χ2n) is 4.56. The fraction of sp³-hybridized carbons (Fsp3) is 1.00. The Bertz CT molecular complexity index is 131. The van der Waals surface area contributed by atoms with E-state index in [4.69, 9.17) is 5.11 Å². The van der Waals surface area contributed by atoms with E-state index in [-0.39, 0.29) is 12.6 Å². The average Bonchev–Trinajstić information content (AvgIpc) is 2.31. The van der Waals surface area contributed by atoms with Crippen molar-refractivity contribution in [1.29, 1.82) is 0 Å². The Balaban J connectivity index is 2.93. The summed E-state index contributed by atoms with van der Waals surface area (Å²) in [5, 5.41) is 15.4. The van der Waals surface area contributed by atoms with Gasteiger partial charge in [-0.25, -0.2) is 0 Å². The van der Waals surface area contributed by atoms with Crippen LogP contribution in [0.5, 0.6) is 0 Å². The highest BCUT2D eigenvalue weighted by Crippen LogP contribution is 2.03. The van der Waals surface area contributed by atoms with Gasteiger partial charge in [0.1, 0.15) is 0 Å². The second-order valence-corrected chi connectivity index (χ2v) is 4.56. The summed E-state index contributed by atoms with van der Waals surface area (Å²) in [7, 11) is 0. The molecular formula is C13H30N2O. The predicted octanol–water partition coefficient (Wildman–Crippen LogP) is 1.91. The fourth-order valence-electron chi connectivity index (χ4n) is 1.63. The van der Waals surface area contributed by atoms with Gasteiger partial charge in [-0.15, -0.1) is 0 Å². The van der Waals surface area contributed by atoms with E-state index in [0.29, 0.717) is 0 Å². The van der Waals surface area contributed by atoms with E-state index in [1.165, 1.54) is 38.5 Å². The Kier molecular flexibility index (Phi) is 12.9. The van der Waals surface area contributed by atoms with Crippen LogP contribution in [-0.2, 0) is 0 Å². The maximum atomic E-state index is 8.80. The first kappa shape index (κ1) is 15.9. The van der Waals surface area contributed by atoms with Gasteiger partial charge in [0, 0.05) is 19.1 Å². The lowest BCUT2D eigenvalue weighted by molar-refractivity contribution is 0.252. The largest absolute Gasteiger partial charge is 0.395 e. The van der Waals surface area contributed by atoms with Crippen LogP contribution in [0.3, 0.4) is 0 Å². The molecule has 0 aromatic heterocycles. The normalized spacial score (nSPS) is 12.9. The lowest BCUT2D eigenvalue weighted by Gasteiger charge is -2.10. The summed E-state index contributed by atoms with van der Waals surface area (Å²) in [6, 6.07) is 0.218. The van der Waals surface area contributed by atoms with Gasteiger partial charge in [0.2, 0.25) is 0 Å². The van der Waals surface area contributed by atoms with Crippen LogP contribution in [0.1, 0.15) is 52.4 Å². The highest BCUT2D eigenvalue weighted by molar-refractivity contribution is 4.59. The molecule has 0 spiro atoms. The minimum Gasteiger partial charge on any atom is -0.395 e. The highest BCUT2D eigenvalue weighted by atomic mass is 16.3. The minimum atomic E-state index is 0.218. The molecule has 98 valence electrons. The quantitative estimate of drug-likeness (QED) is 0.449. The van der Waals surface area contributed by atoms with Gasteiger partial charge in [0.05, 0.1) is 6.61 Å². The summed E-state index contributed by atoms with van der Waals surface area (Å²) < 4.78 is 0. The van der Waals surface area contributed by atoms with E-state index in [2.05, 4.69) is 17.6 Å². The van der Waals surface area contributed by atoms with Crippen molar-refractivity contribution in [3.63, 3.8) is 0 Å². The molecule has 0 aromatic rings. The third-order valence-corrected chi connectivity index (χ3v) is 2.78. The number of aliphatic hydroxyl groups excluding tert-OH is 1. The van der Waals surface area contributed by atoms with Crippen molar-refractivity contribution < 1.29 is 5.11 Å². The molecule has 3 heteroatoms. The number of unbranched alkanes of at least 4 members (excludes halogenated alkanes) is 5. The van der Waals surface area contributed by atoms with E-state index in [0.717, 1.165) is 19.6 Å². The van der Waals surface area contributed by atoms with E-state index in [1.54, 1.807) is 0 Å². The summed E-state index contributed by atoms with van der Waals surface area (Å²) in [5.41, 5.74) is 0. The van der Waals surface area contributed by atoms with E-state index >= 15 is 0 Å². The van der Waals surface area contributed by atoms with Crippen molar-refractivity contribution in [1.82, 2.24) is 10.6 Å². The molecule has 0 rings (SSSR count). The first-order valence-electron chi connectivity index (χ1n) is 6.86. The summed E-state index contributed by atoms with van der Waals surface area (Å²) in [4.78, 5) is 0. The topological polar surface area (TPSA) is 44.3 Å². The SMILES string of the molecule is CCCCCCCCNCCNC(C)CO. The Morgan fingerprint density at radius 2 is 1.62 bits per heavy atom. The van der Waals surface area contributed by atoms with E-state index in [1.807, 2.05) is 6.92 Å². The van der Waals surface area contributed by atoms with Crippen molar-refractivity contribution in [3.05, 3.63) is 0 Å². The van der Waals surface area contributed by atoms with Crippen LogP contribution in [-0.4, -0.2) is 37.4 Å². The molecular weight excluding hydrogens is 200 g/mol. The lowest BCUT2D eigenvalue weighted by atomic mass is 10.1. The molecule has 0 aliphatic heterocycles. The van der Waals surface area contributed by atoms with Gasteiger partial charge in [-0.3, -0.25) is 0 Å². The maximum Gasteiger partial charge on any atom is 0.0581 e. The average molecular weight is 230 g/mol.